The summed E-state index contributed by atoms with van der Waals surface area (Å²) in [6.45, 7) is 4.54. The topological polar surface area (TPSA) is 38.1 Å². The molecule has 4 heteroatoms. The zero-order valence-electron chi connectivity index (χ0n) is 5.94. The summed E-state index contributed by atoms with van der Waals surface area (Å²) in [5, 5.41) is 7.22. The molecule has 56 valence electrons. The van der Waals surface area contributed by atoms with Gasteiger partial charge in [0, 0.05) is 6.54 Å². The van der Waals surface area contributed by atoms with Crippen molar-refractivity contribution in [3.63, 3.8) is 0 Å². The van der Waals surface area contributed by atoms with Gasteiger partial charge >= 0.3 is 0 Å². The van der Waals surface area contributed by atoms with Gasteiger partial charge < -0.3 is 9.84 Å². The fourth-order valence-corrected chi connectivity index (χ4v) is 0.774. The van der Waals surface area contributed by atoms with Gasteiger partial charge in [0.25, 0.3) is 0 Å². The van der Waals surface area contributed by atoms with Crippen LogP contribution in [0.5, 0.6) is 0 Å². The van der Waals surface area contributed by atoms with Crippen LogP contribution in [0.15, 0.2) is 4.52 Å². The van der Waals surface area contributed by atoms with Crippen LogP contribution < -0.4 is 5.32 Å². The maximum Gasteiger partial charge on any atom is 0.188 e. The van der Waals surface area contributed by atoms with E-state index < -0.39 is 0 Å². The van der Waals surface area contributed by atoms with Gasteiger partial charge in [0.05, 0.1) is 0 Å². The molecule has 0 aliphatic heterocycles. The molecule has 0 fully saturated rings. The Morgan fingerprint density at radius 3 is 2.80 bits per heavy atom. The quantitative estimate of drug-likeness (QED) is 0.720. The molecule has 0 saturated heterocycles. The number of halogens is 1. The molecule has 0 aliphatic carbocycles. The second-order valence-electron chi connectivity index (χ2n) is 1.93. The molecule has 0 unspecified atom stereocenters. The highest BCUT2D eigenvalue weighted by Crippen LogP contribution is 2.23. The Bertz CT molecular complexity index is 222. The number of hydrogen-bond donors (Lipinski definition) is 1. The Hall–Kier alpha value is -0.700. The Kier molecular flexibility index (Phi) is 2.17. The summed E-state index contributed by atoms with van der Waals surface area (Å²) in [6.07, 6.45) is 0. The molecule has 1 rings (SSSR count). The molecule has 0 radical (unpaired) electrons. The fraction of sp³-hybridized carbons (Fsp3) is 0.500. The lowest BCUT2D eigenvalue weighted by Crippen LogP contribution is -1.96. The van der Waals surface area contributed by atoms with E-state index in [2.05, 4.69) is 10.5 Å². The molecule has 0 atom stereocenters. The predicted octanol–water partition coefficient (Wildman–Crippen LogP) is 2.07. The van der Waals surface area contributed by atoms with Crippen LogP contribution in [0.4, 0.5) is 5.82 Å². The summed E-state index contributed by atoms with van der Waals surface area (Å²) in [5.74, 6) is 1.28. The van der Waals surface area contributed by atoms with E-state index in [1.807, 2.05) is 6.92 Å². The molecule has 1 aromatic heterocycles. The SMILES string of the molecule is CCNc1noc(C)c1Cl. The Morgan fingerprint density at radius 1 is 1.70 bits per heavy atom. The summed E-state index contributed by atoms with van der Waals surface area (Å²) in [5.41, 5.74) is 0. The number of hydrogen-bond acceptors (Lipinski definition) is 3. The van der Waals surface area contributed by atoms with E-state index in [4.69, 9.17) is 16.1 Å². The number of nitrogens with zero attached hydrogens (tertiary/aromatic N) is 1. The number of nitrogens with one attached hydrogen (secondary N) is 1. The number of rotatable bonds is 2. The first-order valence-corrected chi connectivity index (χ1v) is 3.49. The van der Waals surface area contributed by atoms with Crippen molar-refractivity contribution in [2.45, 2.75) is 13.8 Å². The average Bonchev–Trinajstić information content (AvgIpc) is 2.20. The van der Waals surface area contributed by atoms with Crippen LogP contribution >= 0.6 is 11.6 Å². The van der Waals surface area contributed by atoms with Crippen molar-refractivity contribution in [2.24, 2.45) is 0 Å². The van der Waals surface area contributed by atoms with Crippen molar-refractivity contribution < 1.29 is 4.52 Å². The molecule has 0 aromatic carbocycles. The second kappa shape index (κ2) is 2.92. The Labute approximate surface area is 64.3 Å². The summed E-state index contributed by atoms with van der Waals surface area (Å²) in [7, 11) is 0. The minimum absolute atomic E-state index is 0.571. The maximum atomic E-state index is 5.77. The van der Waals surface area contributed by atoms with Crippen molar-refractivity contribution in [3.8, 4) is 0 Å². The summed E-state index contributed by atoms with van der Waals surface area (Å²) in [6, 6.07) is 0. The fourth-order valence-electron chi connectivity index (χ4n) is 0.638. The smallest absolute Gasteiger partial charge is 0.188 e. The zero-order valence-corrected chi connectivity index (χ0v) is 6.70. The van der Waals surface area contributed by atoms with E-state index in [9.17, 15) is 0 Å². The normalized spacial score (nSPS) is 9.90. The molecule has 1 N–H and O–H groups in total. The first kappa shape index (κ1) is 7.41. The number of aromatic nitrogens is 1. The van der Waals surface area contributed by atoms with Crippen molar-refractivity contribution in [3.05, 3.63) is 10.8 Å². The maximum absolute atomic E-state index is 5.77. The van der Waals surface area contributed by atoms with Gasteiger partial charge in [0.1, 0.15) is 5.02 Å². The summed E-state index contributed by atoms with van der Waals surface area (Å²) in [4.78, 5) is 0. The highest BCUT2D eigenvalue weighted by atomic mass is 35.5. The molecule has 0 saturated carbocycles. The third-order valence-electron chi connectivity index (χ3n) is 1.14. The van der Waals surface area contributed by atoms with Crippen LogP contribution in [-0.2, 0) is 0 Å². The van der Waals surface area contributed by atoms with E-state index in [0.717, 1.165) is 6.54 Å². The standard InChI is InChI=1S/C6H9ClN2O/c1-3-8-6-5(7)4(2)10-9-6/h3H2,1-2H3,(H,8,9). The van der Waals surface area contributed by atoms with Crippen LogP contribution in [-0.4, -0.2) is 11.7 Å². The molecule has 10 heavy (non-hydrogen) atoms. The molecule has 1 heterocycles. The van der Waals surface area contributed by atoms with Crippen LogP contribution in [0.1, 0.15) is 12.7 Å². The molecular formula is C6H9ClN2O. The lowest BCUT2D eigenvalue weighted by Gasteiger charge is -1.93. The van der Waals surface area contributed by atoms with E-state index in [-0.39, 0.29) is 0 Å². The van der Waals surface area contributed by atoms with Gasteiger partial charge in [0.15, 0.2) is 11.6 Å². The van der Waals surface area contributed by atoms with Gasteiger partial charge in [-0.15, -0.1) is 0 Å². The second-order valence-corrected chi connectivity index (χ2v) is 2.31. The zero-order chi connectivity index (χ0) is 7.56. The van der Waals surface area contributed by atoms with E-state index in [0.29, 0.717) is 16.6 Å². The van der Waals surface area contributed by atoms with Gasteiger partial charge in [-0.2, -0.15) is 0 Å². The molecule has 0 aliphatic rings. The molecule has 1 aromatic rings. The molecular weight excluding hydrogens is 152 g/mol. The van der Waals surface area contributed by atoms with E-state index in [1.54, 1.807) is 6.92 Å². The lowest BCUT2D eigenvalue weighted by molar-refractivity contribution is 0.400. The van der Waals surface area contributed by atoms with Gasteiger partial charge in [-0.05, 0) is 13.8 Å². The average molecular weight is 161 g/mol. The molecule has 0 spiro atoms. The third-order valence-corrected chi connectivity index (χ3v) is 1.58. The van der Waals surface area contributed by atoms with Crippen molar-refractivity contribution in [1.29, 1.82) is 0 Å². The molecule has 3 nitrogen and oxygen atoms in total. The third kappa shape index (κ3) is 1.24. The van der Waals surface area contributed by atoms with Gasteiger partial charge in [0.2, 0.25) is 0 Å². The predicted molar refractivity (Wildman–Crippen MR) is 40.4 cm³/mol. The lowest BCUT2D eigenvalue weighted by atomic mass is 10.5. The Balaban J connectivity index is 2.83. The van der Waals surface area contributed by atoms with Crippen molar-refractivity contribution >= 4 is 17.4 Å². The Morgan fingerprint density at radius 2 is 2.40 bits per heavy atom. The minimum atomic E-state index is 0.571. The van der Waals surface area contributed by atoms with Crippen molar-refractivity contribution in [1.82, 2.24) is 5.16 Å². The van der Waals surface area contributed by atoms with Crippen LogP contribution in [0.2, 0.25) is 5.02 Å². The van der Waals surface area contributed by atoms with E-state index in [1.165, 1.54) is 0 Å². The summed E-state index contributed by atoms with van der Waals surface area (Å²) < 4.78 is 4.80. The first-order chi connectivity index (χ1) is 4.75. The molecule has 0 amide bonds. The van der Waals surface area contributed by atoms with E-state index >= 15 is 0 Å². The number of anilines is 1. The number of aryl methyl sites for hydroxylation is 1. The summed E-state index contributed by atoms with van der Waals surface area (Å²) >= 11 is 5.77. The van der Waals surface area contributed by atoms with Gasteiger partial charge in [-0.3, -0.25) is 0 Å². The van der Waals surface area contributed by atoms with Crippen LogP contribution in [0, 0.1) is 6.92 Å². The molecule has 0 bridgehead atoms. The van der Waals surface area contributed by atoms with Crippen LogP contribution in [0.25, 0.3) is 0 Å². The van der Waals surface area contributed by atoms with Crippen molar-refractivity contribution in [2.75, 3.05) is 11.9 Å². The highest BCUT2D eigenvalue weighted by Gasteiger charge is 2.07. The monoisotopic (exact) mass is 160 g/mol. The largest absolute Gasteiger partial charge is 0.366 e. The highest BCUT2D eigenvalue weighted by molar-refractivity contribution is 6.33. The first-order valence-electron chi connectivity index (χ1n) is 3.11. The van der Waals surface area contributed by atoms with Gasteiger partial charge in [-0.25, -0.2) is 0 Å². The van der Waals surface area contributed by atoms with Gasteiger partial charge in [-0.1, -0.05) is 16.8 Å². The van der Waals surface area contributed by atoms with Crippen LogP contribution in [0.3, 0.4) is 0 Å². The minimum Gasteiger partial charge on any atom is -0.366 e.